The summed E-state index contributed by atoms with van der Waals surface area (Å²) >= 11 is 0. The van der Waals surface area contributed by atoms with E-state index < -0.39 is 0 Å². The van der Waals surface area contributed by atoms with Gasteiger partial charge < -0.3 is 15.4 Å². The van der Waals surface area contributed by atoms with Crippen molar-refractivity contribution in [3.05, 3.63) is 29.6 Å². The van der Waals surface area contributed by atoms with E-state index in [9.17, 15) is 0 Å². The van der Waals surface area contributed by atoms with Gasteiger partial charge in [-0.3, -0.25) is 0 Å². The Balaban J connectivity index is 2.55. The van der Waals surface area contributed by atoms with Gasteiger partial charge in [0.1, 0.15) is 5.82 Å². The molecule has 0 aliphatic heterocycles. The molecule has 0 bridgehead atoms. The number of nitrogens with two attached hydrogens (primary N) is 1. The van der Waals surface area contributed by atoms with Gasteiger partial charge in [0, 0.05) is 13.2 Å². The predicted octanol–water partition coefficient (Wildman–Crippen LogP) is 1.75. The van der Waals surface area contributed by atoms with Gasteiger partial charge in [-0.1, -0.05) is 6.07 Å². The highest BCUT2D eigenvalue weighted by molar-refractivity contribution is 5.77. The molecule has 4 nitrogen and oxygen atoms in total. The fourth-order valence-electron chi connectivity index (χ4n) is 2.14. The van der Waals surface area contributed by atoms with Crippen molar-refractivity contribution in [3.63, 3.8) is 0 Å². The van der Waals surface area contributed by atoms with E-state index in [1.807, 2.05) is 0 Å². The number of aliphatic hydroxyl groups excluding tert-OH is 1. The van der Waals surface area contributed by atoms with E-state index in [2.05, 4.69) is 41.6 Å². The van der Waals surface area contributed by atoms with Gasteiger partial charge in [0.2, 0.25) is 0 Å². The lowest BCUT2D eigenvalue weighted by Crippen LogP contribution is -2.17. The van der Waals surface area contributed by atoms with Crippen LogP contribution in [-0.2, 0) is 6.54 Å². The second-order valence-electron chi connectivity index (χ2n) is 4.33. The van der Waals surface area contributed by atoms with Gasteiger partial charge in [0.15, 0.2) is 0 Å². The van der Waals surface area contributed by atoms with E-state index in [4.69, 9.17) is 10.8 Å². The fourth-order valence-corrected chi connectivity index (χ4v) is 2.14. The molecule has 0 aliphatic carbocycles. The molecule has 0 aliphatic rings. The normalized spacial score (nSPS) is 13.2. The first kappa shape index (κ1) is 12.1. The van der Waals surface area contributed by atoms with Crippen LogP contribution in [0.2, 0.25) is 0 Å². The molecule has 3 N–H and O–H groups in total. The Bertz CT molecular complexity index is 519. The average Bonchev–Trinajstić information content (AvgIpc) is 2.66. The van der Waals surface area contributed by atoms with Crippen molar-refractivity contribution in [2.45, 2.75) is 32.9 Å². The van der Waals surface area contributed by atoms with Crippen molar-refractivity contribution in [2.75, 3.05) is 6.61 Å². The lowest BCUT2D eigenvalue weighted by molar-refractivity contribution is 0.273. The second-order valence-corrected chi connectivity index (χ2v) is 4.33. The van der Waals surface area contributed by atoms with Crippen molar-refractivity contribution in [3.8, 4) is 0 Å². The van der Waals surface area contributed by atoms with Gasteiger partial charge in [0.25, 0.3) is 0 Å². The van der Waals surface area contributed by atoms with Crippen LogP contribution in [0.1, 0.15) is 30.8 Å². The molecule has 2 rings (SSSR count). The summed E-state index contributed by atoms with van der Waals surface area (Å²) in [5.74, 6) is 0.863. The number of aromatic nitrogens is 2. The fraction of sp³-hybridized carbons (Fsp3) is 0.462. The Hall–Kier alpha value is -1.39. The molecule has 2 aromatic rings. The summed E-state index contributed by atoms with van der Waals surface area (Å²) in [6, 6.07) is 6.03. The number of fused-ring (bicyclic) bond motifs is 1. The highest BCUT2D eigenvalue weighted by Gasteiger charge is 2.15. The van der Waals surface area contributed by atoms with Crippen LogP contribution in [-0.4, -0.2) is 21.3 Å². The Kier molecular flexibility index (Phi) is 3.45. The van der Waals surface area contributed by atoms with E-state index in [0.717, 1.165) is 23.4 Å². The third-order valence-corrected chi connectivity index (χ3v) is 3.02. The Labute approximate surface area is 101 Å². The van der Waals surface area contributed by atoms with E-state index in [1.54, 1.807) is 0 Å². The minimum absolute atomic E-state index is 0.0904. The summed E-state index contributed by atoms with van der Waals surface area (Å²) in [6.45, 7) is 5.06. The maximum Gasteiger partial charge on any atom is 0.126 e. The topological polar surface area (TPSA) is 64.1 Å². The lowest BCUT2D eigenvalue weighted by atomic mass is 10.2. The zero-order chi connectivity index (χ0) is 12.4. The predicted molar refractivity (Wildman–Crippen MR) is 68.8 cm³/mol. The molecule has 0 fully saturated rings. The molecule has 0 radical (unpaired) electrons. The maximum absolute atomic E-state index is 8.96. The third kappa shape index (κ3) is 2.18. The van der Waals surface area contributed by atoms with E-state index in [-0.39, 0.29) is 12.6 Å². The third-order valence-electron chi connectivity index (χ3n) is 3.02. The monoisotopic (exact) mass is 233 g/mol. The van der Waals surface area contributed by atoms with Crippen molar-refractivity contribution in [1.29, 1.82) is 0 Å². The van der Waals surface area contributed by atoms with Crippen molar-refractivity contribution < 1.29 is 5.11 Å². The molecule has 0 amide bonds. The van der Waals surface area contributed by atoms with E-state index >= 15 is 0 Å². The summed E-state index contributed by atoms with van der Waals surface area (Å²) in [6.07, 6.45) is 0.544. The molecule has 1 unspecified atom stereocenters. The van der Waals surface area contributed by atoms with Gasteiger partial charge in [-0.05, 0) is 38.0 Å². The number of benzene rings is 1. The molecular weight excluding hydrogens is 214 g/mol. The minimum Gasteiger partial charge on any atom is -0.396 e. The van der Waals surface area contributed by atoms with Gasteiger partial charge in [-0.25, -0.2) is 4.98 Å². The number of aryl methyl sites for hydroxylation is 2. The molecule has 1 atom stereocenters. The summed E-state index contributed by atoms with van der Waals surface area (Å²) in [5, 5.41) is 8.96. The number of hydrogen-bond donors (Lipinski definition) is 2. The molecule has 1 aromatic carbocycles. The zero-order valence-corrected chi connectivity index (χ0v) is 10.3. The number of hydrogen-bond acceptors (Lipinski definition) is 3. The summed E-state index contributed by atoms with van der Waals surface area (Å²) < 4.78 is 2.12. The summed E-state index contributed by atoms with van der Waals surface area (Å²) in [7, 11) is 0. The smallest absolute Gasteiger partial charge is 0.126 e. The maximum atomic E-state index is 8.96. The first-order valence-electron chi connectivity index (χ1n) is 6.00. The second kappa shape index (κ2) is 4.85. The van der Waals surface area contributed by atoms with E-state index in [1.165, 1.54) is 5.56 Å². The van der Waals surface area contributed by atoms with Crippen molar-refractivity contribution >= 4 is 11.0 Å². The minimum atomic E-state index is -0.201. The van der Waals surface area contributed by atoms with Crippen molar-refractivity contribution in [2.24, 2.45) is 5.73 Å². The largest absolute Gasteiger partial charge is 0.396 e. The van der Waals surface area contributed by atoms with Crippen molar-refractivity contribution in [1.82, 2.24) is 9.55 Å². The molecule has 0 spiro atoms. The van der Waals surface area contributed by atoms with Crippen LogP contribution in [0.15, 0.2) is 18.2 Å². The molecule has 0 saturated heterocycles. The molecule has 92 valence electrons. The van der Waals surface area contributed by atoms with Gasteiger partial charge in [0.05, 0.1) is 17.1 Å². The van der Waals surface area contributed by atoms with Crippen LogP contribution in [0, 0.1) is 6.92 Å². The molecular formula is C13H19N3O. The van der Waals surface area contributed by atoms with Gasteiger partial charge in [-0.15, -0.1) is 0 Å². The van der Waals surface area contributed by atoms with Crippen LogP contribution >= 0.6 is 0 Å². The highest BCUT2D eigenvalue weighted by Crippen LogP contribution is 2.22. The molecule has 1 aromatic heterocycles. The molecule has 4 heteroatoms. The van der Waals surface area contributed by atoms with Crippen LogP contribution < -0.4 is 5.73 Å². The summed E-state index contributed by atoms with van der Waals surface area (Å²) in [5.41, 5.74) is 9.33. The van der Waals surface area contributed by atoms with E-state index in [0.29, 0.717) is 6.42 Å². The molecule has 0 saturated carbocycles. The highest BCUT2D eigenvalue weighted by atomic mass is 16.3. The van der Waals surface area contributed by atoms with Crippen LogP contribution in [0.5, 0.6) is 0 Å². The van der Waals surface area contributed by atoms with Crippen LogP contribution in [0.4, 0.5) is 0 Å². The standard InChI is InChI=1S/C13H19N3O/c1-3-16-12-5-4-9(2)8-11(12)15-13(16)10(14)6-7-17/h4-5,8,10,17H,3,6-7,14H2,1-2H3. The molecule has 1 heterocycles. The Morgan fingerprint density at radius 1 is 1.47 bits per heavy atom. The number of nitrogens with zero attached hydrogens (tertiary/aromatic N) is 2. The number of aliphatic hydroxyl groups is 1. The summed E-state index contributed by atoms with van der Waals surface area (Å²) in [4.78, 5) is 4.59. The number of rotatable bonds is 4. The van der Waals surface area contributed by atoms with Crippen LogP contribution in [0.25, 0.3) is 11.0 Å². The zero-order valence-electron chi connectivity index (χ0n) is 10.3. The Morgan fingerprint density at radius 2 is 2.24 bits per heavy atom. The average molecular weight is 233 g/mol. The lowest BCUT2D eigenvalue weighted by Gasteiger charge is -2.11. The first-order valence-corrected chi connectivity index (χ1v) is 6.00. The molecule has 17 heavy (non-hydrogen) atoms. The number of imidazole rings is 1. The van der Waals surface area contributed by atoms with Gasteiger partial charge >= 0.3 is 0 Å². The quantitative estimate of drug-likeness (QED) is 0.845. The SMILES string of the molecule is CCn1c(C(N)CCO)nc2cc(C)ccc21. The van der Waals surface area contributed by atoms with Gasteiger partial charge in [-0.2, -0.15) is 0 Å². The first-order chi connectivity index (χ1) is 8.17. The Morgan fingerprint density at radius 3 is 2.88 bits per heavy atom. The van der Waals surface area contributed by atoms with Crippen LogP contribution in [0.3, 0.4) is 0 Å².